The van der Waals surface area contributed by atoms with E-state index < -0.39 is 5.97 Å². The van der Waals surface area contributed by atoms with Crippen molar-refractivity contribution >= 4 is 16.9 Å². The fourth-order valence-corrected chi connectivity index (χ4v) is 3.12. The molecule has 22 heavy (non-hydrogen) atoms. The molecule has 0 aliphatic carbocycles. The van der Waals surface area contributed by atoms with Gasteiger partial charge in [0.2, 0.25) is 0 Å². The van der Waals surface area contributed by atoms with Crippen LogP contribution in [0.3, 0.4) is 0 Å². The molecule has 0 unspecified atom stereocenters. The maximum Gasteiger partial charge on any atom is 0.335 e. The van der Waals surface area contributed by atoms with Crippen LogP contribution >= 0.6 is 0 Å². The number of aryl methyl sites for hydroxylation is 3. The molecule has 0 atom stereocenters. The molecule has 1 aromatic heterocycles. The smallest absolute Gasteiger partial charge is 0.335 e. The Kier molecular flexibility index (Phi) is 5.21. The third-order valence-electron chi connectivity index (χ3n) is 4.15. The monoisotopic (exact) mass is 304 g/mol. The van der Waals surface area contributed by atoms with Gasteiger partial charge in [0.05, 0.1) is 11.1 Å². The first-order valence-corrected chi connectivity index (χ1v) is 7.67. The Balaban J connectivity index is 2.68. The lowest BCUT2D eigenvalue weighted by Crippen LogP contribution is -2.05. The van der Waals surface area contributed by atoms with Gasteiger partial charge >= 0.3 is 5.97 Å². The number of hydrogen-bond donors (Lipinski definition) is 3. The van der Waals surface area contributed by atoms with Crippen LogP contribution in [-0.2, 0) is 13.0 Å². The molecule has 1 heterocycles. The lowest BCUT2D eigenvalue weighted by atomic mass is 10.0. The highest BCUT2D eigenvalue weighted by atomic mass is 16.4. The Hall–Kier alpha value is -1.85. The Morgan fingerprint density at radius 1 is 1.27 bits per heavy atom. The third kappa shape index (κ3) is 3.00. The lowest BCUT2D eigenvalue weighted by molar-refractivity contribution is 0.0697. The molecule has 0 fully saturated rings. The van der Waals surface area contributed by atoms with Crippen molar-refractivity contribution in [1.82, 2.24) is 4.57 Å². The molecule has 0 saturated carbocycles. The van der Waals surface area contributed by atoms with Crippen LogP contribution in [-0.4, -0.2) is 33.9 Å². The van der Waals surface area contributed by atoms with Crippen molar-refractivity contribution in [3.8, 4) is 0 Å². The maximum absolute atomic E-state index is 11.3. The Morgan fingerprint density at radius 2 is 2.00 bits per heavy atom. The van der Waals surface area contributed by atoms with Gasteiger partial charge in [-0.15, -0.1) is 0 Å². The summed E-state index contributed by atoms with van der Waals surface area (Å²) >= 11 is 0. The van der Waals surface area contributed by atoms with E-state index in [0.29, 0.717) is 18.5 Å². The minimum Gasteiger partial charge on any atom is -0.478 e. The molecule has 4 N–H and O–H groups in total. The van der Waals surface area contributed by atoms with Gasteiger partial charge in [-0.05, 0) is 62.9 Å². The van der Waals surface area contributed by atoms with Crippen LogP contribution in [0.1, 0.15) is 40.0 Å². The number of hydrogen-bond acceptors (Lipinski definition) is 3. The molecule has 0 radical (unpaired) electrons. The topological polar surface area (TPSA) is 88.5 Å². The third-order valence-corrected chi connectivity index (χ3v) is 4.15. The summed E-state index contributed by atoms with van der Waals surface area (Å²) in [5, 5.41) is 19.4. The van der Waals surface area contributed by atoms with E-state index in [1.165, 1.54) is 5.56 Å². The summed E-state index contributed by atoms with van der Waals surface area (Å²) in [4.78, 5) is 11.3. The van der Waals surface area contributed by atoms with E-state index in [9.17, 15) is 9.90 Å². The van der Waals surface area contributed by atoms with E-state index in [-0.39, 0.29) is 6.61 Å². The van der Waals surface area contributed by atoms with E-state index in [1.54, 1.807) is 12.1 Å². The normalized spacial score (nSPS) is 11.3. The average Bonchev–Trinajstić information content (AvgIpc) is 2.75. The van der Waals surface area contributed by atoms with Crippen molar-refractivity contribution in [3.63, 3.8) is 0 Å². The minimum absolute atomic E-state index is 0.142. The molecule has 2 rings (SSSR count). The summed E-state index contributed by atoms with van der Waals surface area (Å²) in [6.45, 7) is 5.48. The second-order valence-corrected chi connectivity index (χ2v) is 5.68. The number of carbonyl (C=O) groups is 1. The fraction of sp³-hybridized carbons (Fsp3) is 0.471. The summed E-state index contributed by atoms with van der Waals surface area (Å²) < 4.78 is 2.19. The van der Waals surface area contributed by atoms with Crippen molar-refractivity contribution in [2.75, 3.05) is 13.2 Å². The Bertz CT molecular complexity index is 689. The predicted molar refractivity (Wildman–Crippen MR) is 87.4 cm³/mol. The summed E-state index contributed by atoms with van der Waals surface area (Å²) in [7, 11) is 0. The first-order chi connectivity index (χ1) is 10.5. The molecule has 0 aliphatic rings. The SMILES string of the molecule is Cc1cc(C(=O)O)cc2c(CCCN)c(C)n(CCCO)c12. The van der Waals surface area contributed by atoms with Gasteiger partial charge in [0.15, 0.2) is 0 Å². The maximum atomic E-state index is 11.3. The minimum atomic E-state index is -0.907. The van der Waals surface area contributed by atoms with Gasteiger partial charge in [-0.1, -0.05) is 0 Å². The largest absolute Gasteiger partial charge is 0.478 e. The van der Waals surface area contributed by atoms with Crippen molar-refractivity contribution in [2.24, 2.45) is 5.73 Å². The van der Waals surface area contributed by atoms with Crippen molar-refractivity contribution in [1.29, 1.82) is 0 Å². The van der Waals surface area contributed by atoms with E-state index >= 15 is 0 Å². The Morgan fingerprint density at radius 3 is 2.59 bits per heavy atom. The predicted octanol–water partition coefficient (Wildman–Crippen LogP) is 2.23. The van der Waals surface area contributed by atoms with Crippen molar-refractivity contribution in [3.05, 3.63) is 34.5 Å². The Labute approximate surface area is 130 Å². The number of nitrogens with zero attached hydrogens (tertiary/aromatic N) is 1. The molecular weight excluding hydrogens is 280 g/mol. The molecule has 0 amide bonds. The molecule has 5 heteroatoms. The number of carboxylic acids is 1. The standard InChI is InChI=1S/C17H24N2O3/c1-11-9-13(17(21)22)10-15-14(5-3-6-18)12(2)19(16(11)15)7-4-8-20/h9-10,20H,3-8,18H2,1-2H3,(H,21,22). The highest BCUT2D eigenvalue weighted by molar-refractivity contribution is 5.97. The van der Waals surface area contributed by atoms with Crippen LogP contribution in [0.4, 0.5) is 0 Å². The van der Waals surface area contributed by atoms with Crippen molar-refractivity contribution < 1.29 is 15.0 Å². The number of rotatable bonds is 7. The van der Waals surface area contributed by atoms with E-state index in [1.807, 2.05) is 6.92 Å². The number of nitrogens with two attached hydrogens (primary N) is 1. The van der Waals surface area contributed by atoms with E-state index in [2.05, 4.69) is 11.5 Å². The summed E-state index contributed by atoms with van der Waals surface area (Å²) in [6, 6.07) is 3.48. The number of benzene rings is 1. The van der Waals surface area contributed by atoms with Gasteiger partial charge < -0.3 is 20.5 Å². The first kappa shape index (κ1) is 16.5. The van der Waals surface area contributed by atoms with Crippen LogP contribution in [0.25, 0.3) is 10.9 Å². The molecule has 120 valence electrons. The van der Waals surface area contributed by atoms with Crippen LogP contribution in [0.5, 0.6) is 0 Å². The first-order valence-electron chi connectivity index (χ1n) is 7.67. The number of aliphatic hydroxyl groups excluding tert-OH is 1. The number of carboxylic acid groups (broad SMARTS) is 1. The zero-order chi connectivity index (χ0) is 16.3. The molecule has 0 aliphatic heterocycles. The number of aromatic nitrogens is 1. The quantitative estimate of drug-likeness (QED) is 0.732. The van der Waals surface area contributed by atoms with Crippen LogP contribution in [0.15, 0.2) is 12.1 Å². The van der Waals surface area contributed by atoms with E-state index in [4.69, 9.17) is 10.8 Å². The molecular formula is C17H24N2O3. The summed E-state index contributed by atoms with van der Waals surface area (Å²) in [6.07, 6.45) is 2.39. The van der Waals surface area contributed by atoms with Gasteiger partial charge in [0.1, 0.15) is 0 Å². The lowest BCUT2D eigenvalue weighted by Gasteiger charge is -2.09. The second-order valence-electron chi connectivity index (χ2n) is 5.68. The highest BCUT2D eigenvalue weighted by Crippen LogP contribution is 2.31. The van der Waals surface area contributed by atoms with Crippen LogP contribution in [0, 0.1) is 13.8 Å². The fourth-order valence-electron chi connectivity index (χ4n) is 3.12. The molecule has 0 spiro atoms. The van der Waals surface area contributed by atoms with E-state index in [0.717, 1.165) is 41.5 Å². The number of aliphatic hydroxyl groups is 1. The molecule has 5 nitrogen and oxygen atoms in total. The molecule has 1 aromatic carbocycles. The van der Waals surface area contributed by atoms with Crippen LogP contribution < -0.4 is 5.73 Å². The average molecular weight is 304 g/mol. The molecule has 0 saturated heterocycles. The highest BCUT2D eigenvalue weighted by Gasteiger charge is 2.17. The molecule has 0 bridgehead atoms. The van der Waals surface area contributed by atoms with Gasteiger partial charge in [0, 0.05) is 24.2 Å². The second kappa shape index (κ2) is 6.94. The summed E-state index contributed by atoms with van der Waals surface area (Å²) in [5.41, 5.74) is 10.3. The zero-order valence-corrected chi connectivity index (χ0v) is 13.2. The van der Waals surface area contributed by atoms with Gasteiger partial charge in [0.25, 0.3) is 0 Å². The van der Waals surface area contributed by atoms with Crippen LogP contribution in [0.2, 0.25) is 0 Å². The van der Waals surface area contributed by atoms with Gasteiger partial charge in [-0.3, -0.25) is 0 Å². The summed E-state index contributed by atoms with van der Waals surface area (Å²) in [5.74, 6) is -0.907. The van der Waals surface area contributed by atoms with Gasteiger partial charge in [-0.25, -0.2) is 4.79 Å². The number of fused-ring (bicyclic) bond motifs is 1. The van der Waals surface area contributed by atoms with Gasteiger partial charge in [-0.2, -0.15) is 0 Å². The zero-order valence-electron chi connectivity index (χ0n) is 13.2. The number of aromatic carboxylic acids is 1. The molecule has 2 aromatic rings. The van der Waals surface area contributed by atoms with Crippen molar-refractivity contribution in [2.45, 2.75) is 39.7 Å².